The maximum atomic E-state index is 12.8. The smallest absolute Gasteiger partial charge is 0.151 e. The fraction of sp³-hybridized carbons (Fsp3) is 0. The summed E-state index contributed by atoms with van der Waals surface area (Å²) in [4.78, 5) is 3.38. The van der Waals surface area contributed by atoms with Gasteiger partial charge in [-0.1, -0.05) is 11.6 Å². The van der Waals surface area contributed by atoms with E-state index < -0.39 is 5.82 Å². The summed E-state index contributed by atoms with van der Waals surface area (Å²) in [6.07, 6.45) is 0. The van der Waals surface area contributed by atoms with Gasteiger partial charge in [0.2, 0.25) is 0 Å². The van der Waals surface area contributed by atoms with E-state index in [4.69, 9.17) is 16.7 Å². The highest BCUT2D eigenvalue weighted by molar-refractivity contribution is 7.78. The number of phenols is 1. The molecule has 0 radical (unpaired) electrons. The normalized spacial score (nSPS) is 9.17. The third-order valence-electron chi connectivity index (χ3n) is 1.18. The fourth-order valence-electron chi connectivity index (χ4n) is 0.661. The lowest BCUT2D eigenvalue weighted by atomic mass is 10.3. The quantitative estimate of drug-likeness (QED) is 0.562. The van der Waals surface area contributed by atoms with Gasteiger partial charge in [-0.3, -0.25) is 0 Å². The molecule has 2 nitrogen and oxygen atoms in total. The SMILES string of the molecule is Oc1cc(N=C=S)c(F)cc1Cl. The van der Waals surface area contributed by atoms with Crippen molar-refractivity contribution >= 4 is 34.7 Å². The first-order valence-corrected chi connectivity index (χ1v) is 3.69. The number of halogens is 2. The largest absolute Gasteiger partial charge is 0.506 e. The van der Waals surface area contributed by atoms with Crippen molar-refractivity contribution in [2.45, 2.75) is 0 Å². The minimum absolute atomic E-state index is 0.0594. The van der Waals surface area contributed by atoms with Crippen molar-refractivity contribution < 1.29 is 9.50 Å². The molecule has 0 spiro atoms. The molecular formula is C7H3ClFNOS. The average Bonchev–Trinajstić information content (AvgIpc) is 2.01. The molecule has 0 aliphatic heterocycles. The van der Waals surface area contributed by atoms with Crippen molar-refractivity contribution in [1.82, 2.24) is 0 Å². The van der Waals surface area contributed by atoms with Crippen LogP contribution in [0.3, 0.4) is 0 Å². The second kappa shape index (κ2) is 3.63. The molecule has 62 valence electrons. The zero-order chi connectivity index (χ0) is 9.14. The molecule has 1 N–H and O–H groups in total. The number of aromatic hydroxyl groups is 1. The molecule has 0 bridgehead atoms. The number of hydrogen-bond donors (Lipinski definition) is 1. The lowest BCUT2D eigenvalue weighted by Crippen LogP contribution is -1.76. The van der Waals surface area contributed by atoms with E-state index in [-0.39, 0.29) is 16.5 Å². The van der Waals surface area contributed by atoms with Gasteiger partial charge in [-0.2, -0.15) is 4.99 Å². The van der Waals surface area contributed by atoms with Gasteiger partial charge in [0.25, 0.3) is 0 Å². The Morgan fingerprint density at radius 3 is 2.83 bits per heavy atom. The first kappa shape index (κ1) is 9.13. The molecule has 12 heavy (non-hydrogen) atoms. The van der Waals surface area contributed by atoms with E-state index in [1.807, 2.05) is 5.16 Å². The number of phenolic OH excluding ortho intramolecular Hbond substituents is 1. The Morgan fingerprint density at radius 1 is 1.58 bits per heavy atom. The standard InChI is InChI=1S/C7H3ClFNOS/c8-4-1-5(9)6(10-3-12)2-7(4)11/h1-2,11H. The predicted octanol–water partition coefficient (Wildman–Crippen LogP) is 2.92. The highest BCUT2D eigenvalue weighted by Crippen LogP contribution is 2.30. The molecule has 0 atom stereocenters. The molecule has 0 saturated carbocycles. The molecule has 5 heteroatoms. The van der Waals surface area contributed by atoms with E-state index in [1.54, 1.807) is 0 Å². The van der Waals surface area contributed by atoms with Crippen molar-refractivity contribution in [3.8, 4) is 5.75 Å². The van der Waals surface area contributed by atoms with E-state index in [0.717, 1.165) is 12.1 Å². The summed E-state index contributed by atoms with van der Waals surface area (Å²) >= 11 is 9.68. The second-order valence-corrected chi connectivity index (χ2v) is 2.55. The van der Waals surface area contributed by atoms with Crippen LogP contribution in [0, 0.1) is 5.82 Å². The maximum Gasteiger partial charge on any atom is 0.151 e. The first-order chi connectivity index (χ1) is 5.65. The highest BCUT2D eigenvalue weighted by atomic mass is 35.5. The van der Waals surface area contributed by atoms with E-state index in [2.05, 4.69) is 17.2 Å². The van der Waals surface area contributed by atoms with Crippen LogP contribution in [0.4, 0.5) is 10.1 Å². The Hall–Kier alpha value is -0.960. The summed E-state index contributed by atoms with van der Waals surface area (Å²) in [7, 11) is 0. The van der Waals surface area contributed by atoms with Gasteiger partial charge in [0, 0.05) is 6.07 Å². The van der Waals surface area contributed by atoms with Crippen LogP contribution >= 0.6 is 23.8 Å². The van der Waals surface area contributed by atoms with Crippen LogP contribution in [0.25, 0.3) is 0 Å². The number of hydrogen-bond acceptors (Lipinski definition) is 3. The molecule has 0 fully saturated rings. The first-order valence-electron chi connectivity index (χ1n) is 2.91. The molecule has 0 amide bonds. The van der Waals surface area contributed by atoms with Crippen LogP contribution in [0.5, 0.6) is 5.75 Å². The molecule has 0 aliphatic rings. The molecule has 0 aromatic heterocycles. The van der Waals surface area contributed by atoms with Crippen LogP contribution in [-0.2, 0) is 0 Å². The molecule has 0 unspecified atom stereocenters. The Balaban J connectivity index is 3.32. The molecule has 1 aromatic rings. The third kappa shape index (κ3) is 1.80. The Labute approximate surface area is 78.3 Å². The average molecular weight is 204 g/mol. The molecule has 0 aliphatic carbocycles. The third-order valence-corrected chi connectivity index (χ3v) is 1.58. The minimum atomic E-state index is -0.643. The molecule has 0 saturated heterocycles. The van der Waals surface area contributed by atoms with Crippen molar-refractivity contribution in [2.24, 2.45) is 4.99 Å². The molecule has 0 heterocycles. The fourth-order valence-corrected chi connectivity index (χ4v) is 0.910. The Bertz CT molecular complexity index is 363. The summed E-state index contributed by atoms with van der Waals surface area (Å²) in [5, 5.41) is 11.0. The van der Waals surface area contributed by atoms with Crippen LogP contribution < -0.4 is 0 Å². The maximum absolute atomic E-state index is 12.8. The van der Waals surface area contributed by atoms with E-state index in [1.165, 1.54) is 0 Å². The van der Waals surface area contributed by atoms with Gasteiger partial charge < -0.3 is 5.11 Å². The number of thiocarbonyl (C=S) groups is 1. The Kier molecular flexibility index (Phi) is 2.76. The van der Waals surface area contributed by atoms with Crippen LogP contribution in [0.2, 0.25) is 5.02 Å². The second-order valence-electron chi connectivity index (χ2n) is 1.96. The molecule has 1 rings (SSSR count). The zero-order valence-electron chi connectivity index (χ0n) is 5.71. The van der Waals surface area contributed by atoms with Crippen molar-refractivity contribution in [3.05, 3.63) is 23.0 Å². The minimum Gasteiger partial charge on any atom is -0.506 e. The van der Waals surface area contributed by atoms with Gasteiger partial charge in [-0.15, -0.1) is 0 Å². The van der Waals surface area contributed by atoms with E-state index >= 15 is 0 Å². The van der Waals surface area contributed by atoms with Gasteiger partial charge in [-0.05, 0) is 18.3 Å². The number of nitrogens with zero attached hydrogens (tertiary/aromatic N) is 1. The van der Waals surface area contributed by atoms with Crippen molar-refractivity contribution in [3.63, 3.8) is 0 Å². The zero-order valence-corrected chi connectivity index (χ0v) is 7.29. The van der Waals surface area contributed by atoms with Gasteiger partial charge in [0.1, 0.15) is 11.4 Å². The molecule has 1 aromatic carbocycles. The predicted molar refractivity (Wildman–Crippen MR) is 47.8 cm³/mol. The van der Waals surface area contributed by atoms with Gasteiger partial charge in [0.15, 0.2) is 5.82 Å². The number of rotatable bonds is 1. The van der Waals surface area contributed by atoms with Gasteiger partial charge in [0.05, 0.1) is 10.2 Å². The highest BCUT2D eigenvalue weighted by Gasteiger charge is 2.05. The Morgan fingerprint density at radius 2 is 2.25 bits per heavy atom. The number of benzene rings is 1. The summed E-state index contributed by atoms with van der Waals surface area (Å²) in [5.41, 5.74) is -0.0769. The van der Waals surface area contributed by atoms with E-state index in [9.17, 15) is 4.39 Å². The topological polar surface area (TPSA) is 32.6 Å². The van der Waals surface area contributed by atoms with Crippen molar-refractivity contribution in [1.29, 1.82) is 0 Å². The lowest BCUT2D eigenvalue weighted by Gasteiger charge is -1.98. The number of isothiocyanates is 1. The van der Waals surface area contributed by atoms with E-state index in [0.29, 0.717) is 0 Å². The number of aliphatic imine (C=N–C) groups is 1. The summed E-state index contributed by atoms with van der Waals surface area (Å²) in [5.74, 6) is -0.878. The van der Waals surface area contributed by atoms with Crippen LogP contribution in [0.1, 0.15) is 0 Å². The van der Waals surface area contributed by atoms with Crippen LogP contribution in [0.15, 0.2) is 17.1 Å². The van der Waals surface area contributed by atoms with Gasteiger partial charge >= 0.3 is 0 Å². The lowest BCUT2D eigenvalue weighted by molar-refractivity contribution is 0.474. The van der Waals surface area contributed by atoms with Gasteiger partial charge in [-0.25, -0.2) is 4.39 Å². The van der Waals surface area contributed by atoms with Crippen molar-refractivity contribution in [2.75, 3.05) is 0 Å². The summed E-state index contributed by atoms with van der Waals surface area (Å²) in [6, 6.07) is 2.04. The van der Waals surface area contributed by atoms with Crippen LogP contribution in [-0.4, -0.2) is 10.3 Å². The summed E-state index contributed by atoms with van der Waals surface area (Å²) < 4.78 is 12.8. The monoisotopic (exact) mass is 203 g/mol. The molecular weight excluding hydrogens is 201 g/mol. The summed E-state index contributed by atoms with van der Waals surface area (Å²) in [6.45, 7) is 0.